The van der Waals surface area contributed by atoms with Gasteiger partial charge in [0.1, 0.15) is 0 Å². The van der Waals surface area contributed by atoms with Gasteiger partial charge >= 0.3 is 5.97 Å². The molecule has 1 aromatic heterocycles. The summed E-state index contributed by atoms with van der Waals surface area (Å²) in [5.74, 6) is 0.224. The number of nitrogens with zero attached hydrogens (tertiary/aromatic N) is 2. The van der Waals surface area contributed by atoms with Crippen LogP contribution >= 0.6 is 0 Å². The van der Waals surface area contributed by atoms with Gasteiger partial charge in [-0.1, -0.05) is 0 Å². The summed E-state index contributed by atoms with van der Waals surface area (Å²) in [7, 11) is 1.54. The summed E-state index contributed by atoms with van der Waals surface area (Å²) in [6.45, 7) is 1.96. The van der Waals surface area contributed by atoms with E-state index < -0.39 is 5.97 Å². The Labute approximate surface area is 100 Å². The smallest absolute Gasteiger partial charge is 0.303 e. The van der Waals surface area contributed by atoms with Crippen LogP contribution in [0.1, 0.15) is 26.2 Å². The molecule has 0 fully saturated rings. The molecule has 0 saturated carbocycles. The molecule has 0 radical (unpaired) electrons. The summed E-state index contributed by atoms with van der Waals surface area (Å²) in [6.07, 6.45) is 3.18. The molecular weight excluding hydrogens is 222 g/mol. The molecule has 0 aromatic carbocycles. The third-order valence-electron chi connectivity index (χ3n) is 2.24. The van der Waals surface area contributed by atoms with E-state index in [2.05, 4.69) is 15.3 Å². The van der Waals surface area contributed by atoms with E-state index in [1.165, 1.54) is 0 Å². The van der Waals surface area contributed by atoms with Gasteiger partial charge in [-0.3, -0.25) is 4.79 Å². The molecule has 94 valence electrons. The highest BCUT2D eigenvalue weighted by Crippen LogP contribution is 2.10. The fraction of sp³-hybridized carbons (Fsp3) is 0.545. The highest BCUT2D eigenvalue weighted by molar-refractivity contribution is 5.66. The van der Waals surface area contributed by atoms with Crippen LogP contribution in [0.2, 0.25) is 0 Å². The van der Waals surface area contributed by atoms with Crippen molar-refractivity contribution in [3.05, 3.63) is 12.3 Å². The molecular formula is C11H17N3O3. The molecule has 17 heavy (non-hydrogen) atoms. The van der Waals surface area contributed by atoms with Gasteiger partial charge in [0, 0.05) is 24.7 Å². The number of rotatable bonds is 7. The summed E-state index contributed by atoms with van der Waals surface area (Å²) >= 11 is 0. The summed E-state index contributed by atoms with van der Waals surface area (Å²) in [5, 5.41) is 11.6. The first kappa shape index (κ1) is 13.2. The zero-order chi connectivity index (χ0) is 12.7. The van der Waals surface area contributed by atoms with Gasteiger partial charge in [-0.25, -0.2) is 4.98 Å². The van der Waals surface area contributed by atoms with Gasteiger partial charge in [-0.15, -0.1) is 0 Å². The Balaban J connectivity index is 2.38. The van der Waals surface area contributed by atoms with Gasteiger partial charge in [0.25, 0.3) is 0 Å². The second-order valence-electron chi connectivity index (χ2n) is 3.75. The number of carboxylic acid groups (broad SMARTS) is 1. The molecule has 6 heteroatoms. The van der Waals surface area contributed by atoms with Crippen molar-refractivity contribution in [2.75, 3.05) is 12.4 Å². The Morgan fingerprint density at radius 2 is 2.41 bits per heavy atom. The molecule has 0 aliphatic heterocycles. The first-order chi connectivity index (χ1) is 8.11. The molecule has 2 N–H and O–H groups in total. The fourth-order valence-electron chi connectivity index (χ4n) is 1.38. The third kappa shape index (κ3) is 5.14. The van der Waals surface area contributed by atoms with E-state index in [0.717, 1.165) is 6.42 Å². The normalized spacial score (nSPS) is 11.9. The number of hydrogen-bond acceptors (Lipinski definition) is 5. The molecule has 1 unspecified atom stereocenters. The van der Waals surface area contributed by atoms with Crippen molar-refractivity contribution in [2.24, 2.45) is 0 Å². The number of carbonyl (C=O) groups is 1. The van der Waals surface area contributed by atoms with Crippen LogP contribution in [0.25, 0.3) is 0 Å². The number of aliphatic carboxylic acids is 1. The SMILES string of the molecule is COc1ccnc(NC(C)CCCC(=O)O)n1. The Morgan fingerprint density at radius 3 is 3.06 bits per heavy atom. The Kier molecular flexibility index (Phi) is 5.19. The number of ether oxygens (including phenoxy) is 1. The molecule has 0 aliphatic rings. The third-order valence-corrected chi connectivity index (χ3v) is 2.24. The molecule has 1 rings (SSSR count). The average Bonchev–Trinajstić information content (AvgIpc) is 2.28. The first-order valence-corrected chi connectivity index (χ1v) is 5.47. The number of aromatic nitrogens is 2. The van der Waals surface area contributed by atoms with Crippen molar-refractivity contribution in [3.63, 3.8) is 0 Å². The van der Waals surface area contributed by atoms with Crippen LogP contribution < -0.4 is 10.1 Å². The molecule has 0 bridgehead atoms. The first-order valence-electron chi connectivity index (χ1n) is 5.47. The second kappa shape index (κ2) is 6.67. The minimum Gasteiger partial charge on any atom is -0.481 e. The van der Waals surface area contributed by atoms with E-state index in [4.69, 9.17) is 9.84 Å². The van der Waals surface area contributed by atoms with Crippen LogP contribution in [0.3, 0.4) is 0 Å². The van der Waals surface area contributed by atoms with Crippen molar-refractivity contribution in [1.29, 1.82) is 0 Å². The number of hydrogen-bond donors (Lipinski definition) is 2. The van der Waals surface area contributed by atoms with Gasteiger partial charge in [-0.05, 0) is 19.8 Å². The lowest BCUT2D eigenvalue weighted by Gasteiger charge is -2.13. The van der Waals surface area contributed by atoms with E-state index in [-0.39, 0.29) is 12.5 Å². The monoisotopic (exact) mass is 239 g/mol. The zero-order valence-electron chi connectivity index (χ0n) is 10.0. The number of anilines is 1. The van der Waals surface area contributed by atoms with Crippen LogP contribution in [0, 0.1) is 0 Å². The van der Waals surface area contributed by atoms with Crippen LogP contribution in [0.5, 0.6) is 5.88 Å². The maximum Gasteiger partial charge on any atom is 0.303 e. The van der Waals surface area contributed by atoms with Gasteiger partial charge < -0.3 is 15.2 Å². The lowest BCUT2D eigenvalue weighted by atomic mass is 10.1. The Bertz CT molecular complexity index is 371. The average molecular weight is 239 g/mol. The number of nitrogens with one attached hydrogen (secondary N) is 1. The van der Waals surface area contributed by atoms with Crippen molar-refractivity contribution in [1.82, 2.24) is 9.97 Å². The standard InChI is InChI=1S/C11H17N3O3/c1-8(4-3-5-10(15)16)13-11-12-7-6-9(14-11)17-2/h6-8H,3-5H2,1-2H3,(H,15,16)(H,12,13,14). The molecule has 0 spiro atoms. The van der Waals surface area contributed by atoms with E-state index in [1.54, 1.807) is 19.4 Å². The Morgan fingerprint density at radius 1 is 1.65 bits per heavy atom. The van der Waals surface area contributed by atoms with Crippen LogP contribution in [-0.4, -0.2) is 34.2 Å². The predicted molar refractivity (Wildman–Crippen MR) is 63.2 cm³/mol. The van der Waals surface area contributed by atoms with E-state index in [9.17, 15) is 4.79 Å². The highest BCUT2D eigenvalue weighted by atomic mass is 16.5. The lowest BCUT2D eigenvalue weighted by molar-refractivity contribution is -0.137. The molecule has 1 heterocycles. The topological polar surface area (TPSA) is 84.3 Å². The fourth-order valence-corrected chi connectivity index (χ4v) is 1.38. The maximum atomic E-state index is 10.4. The zero-order valence-corrected chi connectivity index (χ0v) is 10.0. The summed E-state index contributed by atoms with van der Waals surface area (Å²) in [5.41, 5.74) is 0. The minimum absolute atomic E-state index is 0.126. The largest absolute Gasteiger partial charge is 0.481 e. The lowest BCUT2D eigenvalue weighted by Crippen LogP contribution is -2.17. The van der Waals surface area contributed by atoms with Crippen molar-refractivity contribution in [3.8, 4) is 5.88 Å². The van der Waals surface area contributed by atoms with Crippen LogP contribution in [0.4, 0.5) is 5.95 Å². The summed E-state index contributed by atoms with van der Waals surface area (Å²) in [4.78, 5) is 18.5. The van der Waals surface area contributed by atoms with E-state index in [0.29, 0.717) is 18.2 Å². The van der Waals surface area contributed by atoms with Gasteiger partial charge in [0.2, 0.25) is 11.8 Å². The number of methoxy groups -OCH3 is 1. The van der Waals surface area contributed by atoms with Crippen molar-refractivity contribution in [2.45, 2.75) is 32.2 Å². The molecule has 0 saturated heterocycles. The van der Waals surface area contributed by atoms with Crippen LogP contribution in [0.15, 0.2) is 12.3 Å². The quantitative estimate of drug-likeness (QED) is 0.750. The molecule has 1 atom stereocenters. The van der Waals surface area contributed by atoms with Gasteiger partial charge in [0.15, 0.2) is 0 Å². The molecule has 1 aromatic rings. The number of carboxylic acids is 1. The minimum atomic E-state index is -0.769. The second-order valence-corrected chi connectivity index (χ2v) is 3.75. The van der Waals surface area contributed by atoms with E-state index >= 15 is 0 Å². The van der Waals surface area contributed by atoms with Crippen molar-refractivity contribution < 1.29 is 14.6 Å². The van der Waals surface area contributed by atoms with Gasteiger partial charge in [0.05, 0.1) is 7.11 Å². The summed E-state index contributed by atoms with van der Waals surface area (Å²) < 4.78 is 4.98. The highest BCUT2D eigenvalue weighted by Gasteiger charge is 2.06. The van der Waals surface area contributed by atoms with E-state index in [1.807, 2.05) is 6.92 Å². The molecule has 0 aliphatic carbocycles. The Hall–Kier alpha value is -1.85. The maximum absolute atomic E-state index is 10.4. The van der Waals surface area contributed by atoms with Gasteiger partial charge in [-0.2, -0.15) is 4.98 Å². The van der Waals surface area contributed by atoms with Crippen molar-refractivity contribution >= 4 is 11.9 Å². The molecule has 0 amide bonds. The molecule has 6 nitrogen and oxygen atoms in total. The van der Waals surface area contributed by atoms with Crippen LogP contribution in [-0.2, 0) is 4.79 Å². The predicted octanol–water partition coefficient (Wildman–Crippen LogP) is 1.54. The summed E-state index contributed by atoms with van der Waals surface area (Å²) in [6, 6.07) is 1.79.